The molecule has 0 fully saturated rings. The molecule has 1 nitrogen and oxygen atoms in total. The van der Waals surface area contributed by atoms with Crippen molar-refractivity contribution in [3.63, 3.8) is 0 Å². The summed E-state index contributed by atoms with van der Waals surface area (Å²) in [6.07, 6.45) is 1.04. The van der Waals surface area contributed by atoms with Crippen LogP contribution < -0.4 is 5.32 Å². The lowest BCUT2D eigenvalue weighted by molar-refractivity contribution is 0.626. The van der Waals surface area contributed by atoms with Crippen LogP contribution in [-0.4, -0.2) is 0 Å². The Hall–Kier alpha value is -1.83. The van der Waals surface area contributed by atoms with E-state index in [0.717, 1.165) is 17.5 Å². The molecular weight excluding hydrogens is 237 g/mol. The summed E-state index contributed by atoms with van der Waals surface area (Å²) < 4.78 is 13.8. The number of benzene rings is 2. The van der Waals surface area contributed by atoms with Crippen molar-refractivity contribution in [1.82, 2.24) is 0 Å². The molecule has 0 aliphatic heterocycles. The van der Waals surface area contributed by atoms with E-state index < -0.39 is 0 Å². The Kier molecular flexibility index (Phi) is 4.20. The average molecular weight is 257 g/mol. The van der Waals surface area contributed by atoms with E-state index in [2.05, 4.69) is 36.5 Å². The molecule has 0 spiro atoms. The van der Waals surface area contributed by atoms with Crippen LogP contribution in [0.5, 0.6) is 0 Å². The maximum atomic E-state index is 13.8. The maximum absolute atomic E-state index is 13.8. The monoisotopic (exact) mass is 257 g/mol. The van der Waals surface area contributed by atoms with Crippen LogP contribution in [0.4, 0.5) is 10.1 Å². The lowest BCUT2D eigenvalue weighted by Gasteiger charge is -2.17. The molecule has 1 unspecified atom stereocenters. The molecule has 0 aliphatic rings. The molecule has 100 valence electrons. The van der Waals surface area contributed by atoms with Crippen LogP contribution in [0.2, 0.25) is 0 Å². The molecule has 2 rings (SSSR count). The number of aryl methyl sites for hydroxylation is 2. The first-order valence-electron chi connectivity index (χ1n) is 6.71. The molecule has 0 bridgehead atoms. The fraction of sp³-hybridized carbons (Fsp3) is 0.294. The number of hydrogen-bond donors (Lipinski definition) is 1. The van der Waals surface area contributed by atoms with Crippen LogP contribution in [0.15, 0.2) is 42.5 Å². The van der Waals surface area contributed by atoms with Gasteiger partial charge in [-0.2, -0.15) is 0 Å². The zero-order valence-electron chi connectivity index (χ0n) is 11.7. The Bertz CT molecular complexity index is 546. The van der Waals surface area contributed by atoms with Crippen molar-refractivity contribution >= 4 is 5.69 Å². The van der Waals surface area contributed by atoms with Crippen molar-refractivity contribution in [3.05, 3.63) is 65.0 Å². The summed E-state index contributed by atoms with van der Waals surface area (Å²) in [6, 6.07) is 13.8. The van der Waals surface area contributed by atoms with Gasteiger partial charge >= 0.3 is 0 Å². The minimum Gasteiger partial charge on any atom is -0.376 e. The van der Waals surface area contributed by atoms with Crippen LogP contribution in [-0.2, 0) is 6.42 Å². The van der Waals surface area contributed by atoms with Crippen molar-refractivity contribution in [2.24, 2.45) is 0 Å². The standard InChI is InChI=1S/C17H20FN/c1-4-14-6-8-15(9-7-14)13(3)19-17-10-5-12(2)11-16(17)18/h5-11,13,19H,4H2,1-3H3. The van der Waals surface area contributed by atoms with Crippen LogP contribution in [0, 0.1) is 12.7 Å². The van der Waals surface area contributed by atoms with Gasteiger partial charge in [-0.05, 0) is 49.1 Å². The van der Waals surface area contributed by atoms with Gasteiger partial charge in [-0.15, -0.1) is 0 Å². The summed E-state index contributed by atoms with van der Waals surface area (Å²) in [5, 5.41) is 3.22. The molecule has 1 atom stereocenters. The topological polar surface area (TPSA) is 12.0 Å². The van der Waals surface area contributed by atoms with E-state index in [1.165, 1.54) is 5.56 Å². The van der Waals surface area contributed by atoms with E-state index in [-0.39, 0.29) is 11.9 Å². The van der Waals surface area contributed by atoms with Gasteiger partial charge in [-0.1, -0.05) is 37.3 Å². The zero-order chi connectivity index (χ0) is 13.8. The van der Waals surface area contributed by atoms with Gasteiger partial charge in [0.15, 0.2) is 0 Å². The molecule has 0 aromatic heterocycles. The van der Waals surface area contributed by atoms with E-state index in [1.54, 1.807) is 12.1 Å². The molecule has 1 N–H and O–H groups in total. The predicted molar refractivity (Wildman–Crippen MR) is 79.0 cm³/mol. The number of rotatable bonds is 4. The first-order valence-corrected chi connectivity index (χ1v) is 6.71. The van der Waals surface area contributed by atoms with Gasteiger partial charge in [-0.25, -0.2) is 4.39 Å². The van der Waals surface area contributed by atoms with Gasteiger partial charge < -0.3 is 5.32 Å². The van der Waals surface area contributed by atoms with Crippen LogP contribution in [0.25, 0.3) is 0 Å². The van der Waals surface area contributed by atoms with Gasteiger partial charge in [0.2, 0.25) is 0 Å². The second-order valence-corrected chi connectivity index (χ2v) is 4.94. The molecular formula is C17H20FN. The molecule has 0 saturated heterocycles. The highest BCUT2D eigenvalue weighted by atomic mass is 19.1. The molecule has 0 heterocycles. The van der Waals surface area contributed by atoms with Crippen molar-refractivity contribution in [1.29, 1.82) is 0 Å². The molecule has 0 amide bonds. The highest BCUT2D eigenvalue weighted by Crippen LogP contribution is 2.22. The van der Waals surface area contributed by atoms with E-state index >= 15 is 0 Å². The fourth-order valence-electron chi connectivity index (χ4n) is 2.10. The van der Waals surface area contributed by atoms with Gasteiger partial charge in [0.25, 0.3) is 0 Å². The summed E-state index contributed by atoms with van der Waals surface area (Å²) in [5.74, 6) is -0.197. The van der Waals surface area contributed by atoms with Gasteiger partial charge in [0.1, 0.15) is 5.82 Å². The summed E-state index contributed by atoms with van der Waals surface area (Å²) >= 11 is 0. The van der Waals surface area contributed by atoms with Crippen LogP contribution >= 0.6 is 0 Å². The van der Waals surface area contributed by atoms with Gasteiger partial charge in [-0.3, -0.25) is 0 Å². The molecule has 0 saturated carbocycles. The number of anilines is 1. The first-order chi connectivity index (χ1) is 9.10. The zero-order valence-corrected chi connectivity index (χ0v) is 11.7. The lowest BCUT2D eigenvalue weighted by atomic mass is 10.0. The SMILES string of the molecule is CCc1ccc(C(C)Nc2ccc(C)cc2F)cc1. The third-order valence-corrected chi connectivity index (χ3v) is 3.38. The average Bonchev–Trinajstić information content (AvgIpc) is 2.42. The van der Waals surface area contributed by atoms with Crippen LogP contribution in [0.1, 0.15) is 36.6 Å². The maximum Gasteiger partial charge on any atom is 0.146 e. The van der Waals surface area contributed by atoms with Crippen molar-refractivity contribution in [3.8, 4) is 0 Å². The molecule has 19 heavy (non-hydrogen) atoms. The summed E-state index contributed by atoms with van der Waals surface area (Å²) in [5.41, 5.74) is 3.97. The largest absolute Gasteiger partial charge is 0.376 e. The summed E-state index contributed by atoms with van der Waals surface area (Å²) in [6.45, 7) is 6.07. The second-order valence-electron chi connectivity index (χ2n) is 4.94. The molecule has 2 heteroatoms. The molecule has 0 aliphatic carbocycles. The quantitative estimate of drug-likeness (QED) is 0.824. The lowest BCUT2D eigenvalue weighted by Crippen LogP contribution is -2.08. The summed E-state index contributed by atoms with van der Waals surface area (Å²) in [4.78, 5) is 0. The highest BCUT2D eigenvalue weighted by molar-refractivity contribution is 5.48. The van der Waals surface area contributed by atoms with E-state index in [9.17, 15) is 4.39 Å². The summed E-state index contributed by atoms with van der Waals surface area (Å²) in [7, 11) is 0. The predicted octanol–water partition coefficient (Wildman–Crippen LogP) is 4.87. The molecule has 2 aromatic carbocycles. The van der Waals surface area contributed by atoms with Gasteiger partial charge in [0.05, 0.1) is 5.69 Å². The number of hydrogen-bond acceptors (Lipinski definition) is 1. The molecule has 0 radical (unpaired) electrons. The first kappa shape index (κ1) is 13.6. The number of halogens is 1. The Morgan fingerprint density at radius 1 is 1.11 bits per heavy atom. The Balaban J connectivity index is 2.13. The third-order valence-electron chi connectivity index (χ3n) is 3.38. The highest BCUT2D eigenvalue weighted by Gasteiger charge is 2.08. The van der Waals surface area contributed by atoms with E-state index in [1.807, 2.05) is 19.9 Å². The second kappa shape index (κ2) is 5.87. The minimum atomic E-state index is -0.197. The smallest absolute Gasteiger partial charge is 0.146 e. The van der Waals surface area contributed by atoms with E-state index in [4.69, 9.17) is 0 Å². The normalized spacial score (nSPS) is 12.2. The Morgan fingerprint density at radius 2 is 1.79 bits per heavy atom. The minimum absolute atomic E-state index is 0.0862. The van der Waals surface area contributed by atoms with Crippen molar-refractivity contribution in [2.75, 3.05) is 5.32 Å². The van der Waals surface area contributed by atoms with E-state index in [0.29, 0.717) is 5.69 Å². The third kappa shape index (κ3) is 3.34. The fourth-order valence-corrected chi connectivity index (χ4v) is 2.10. The van der Waals surface area contributed by atoms with Crippen molar-refractivity contribution < 1.29 is 4.39 Å². The molecule has 2 aromatic rings. The Morgan fingerprint density at radius 3 is 2.37 bits per heavy atom. The number of nitrogens with one attached hydrogen (secondary N) is 1. The Labute approximate surface area is 114 Å². The van der Waals surface area contributed by atoms with Gasteiger partial charge in [0, 0.05) is 6.04 Å². The van der Waals surface area contributed by atoms with Crippen molar-refractivity contribution in [2.45, 2.75) is 33.2 Å². The van der Waals surface area contributed by atoms with Crippen LogP contribution in [0.3, 0.4) is 0 Å².